The fraction of sp³-hybridized carbons (Fsp3) is 0.500. The maximum atomic E-state index is 12.3. The van der Waals surface area contributed by atoms with Gasteiger partial charge in [0.1, 0.15) is 0 Å². The van der Waals surface area contributed by atoms with Gasteiger partial charge in [-0.3, -0.25) is 4.79 Å². The average Bonchev–Trinajstić information content (AvgIpc) is 2.96. The highest BCUT2D eigenvalue weighted by Crippen LogP contribution is 2.21. The van der Waals surface area contributed by atoms with Gasteiger partial charge in [0, 0.05) is 20.1 Å². The lowest BCUT2D eigenvalue weighted by molar-refractivity contribution is -0.133. The van der Waals surface area contributed by atoms with E-state index in [0.29, 0.717) is 31.4 Å². The Hall–Kier alpha value is -1.90. The third kappa shape index (κ3) is 3.81. The number of aliphatic hydroxyl groups is 1. The second kappa shape index (κ2) is 7.21. The predicted molar refractivity (Wildman–Crippen MR) is 77.5 cm³/mol. The summed E-state index contributed by atoms with van der Waals surface area (Å²) in [4.78, 5) is 14.0. The number of hydrogen-bond acceptors (Lipinski definition) is 4. The monoisotopic (exact) mass is 288 g/mol. The first-order valence-corrected chi connectivity index (χ1v) is 7.10. The Morgan fingerprint density at radius 1 is 1.48 bits per heavy atom. The standard InChI is InChI=1S/C16H20N2O3/c1-21-15-8-14(11-19)18(10-15)16(20)7-6-12-2-4-13(9-17)5-3-12/h2-5,14-15,19H,6-8,10-11H2,1H3/t14-,15+/m0/s1. The van der Waals surface area contributed by atoms with Crippen LogP contribution in [0.15, 0.2) is 24.3 Å². The van der Waals surface area contributed by atoms with Crippen LogP contribution in [-0.2, 0) is 16.0 Å². The zero-order chi connectivity index (χ0) is 15.2. The number of methoxy groups -OCH3 is 1. The van der Waals surface area contributed by atoms with E-state index in [-0.39, 0.29) is 24.7 Å². The van der Waals surface area contributed by atoms with Crippen molar-refractivity contribution in [2.45, 2.75) is 31.4 Å². The minimum atomic E-state index is -0.136. The van der Waals surface area contributed by atoms with Gasteiger partial charge in [0.25, 0.3) is 0 Å². The Bertz CT molecular complexity index is 521. The number of aryl methyl sites for hydroxylation is 1. The molecular formula is C16H20N2O3. The van der Waals surface area contributed by atoms with Crippen molar-refractivity contribution in [3.05, 3.63) is 35.4 Å². The molecule has 0 aromatic heterocycles. The van der Waals surface area contributed by atoms with Crippen molar-refractivity contribution in [2.75, 3.05) is 20.3 Å². The topological polar surface area (TPSA) is 73.6 Å². The van der Waals surface area contributed by atoms with Crippen molar-refractivity contribution < 1.29 is 14.6 Å². The second-order valence-corrected chi connectivity index (χ2v) is 5.28. The van der Waals surface area contributed by atoms with E-state index in [2.05, 4.69) is 6.07 Å². The highest BCUT2D eigenvalue weighted by molar-refractivity contribution is 5.77. The molecule has 0 unspecified atom stereocenters. The van der Waals surface area contributed by atoms with Crippen LogP contribution < -0.4 is 0 Å². The van der Waals surface area contributed by atoms with Gasteiger partial charge < -0.3 is 14.7 Å². The molecule has 2 atom stereocenters. The smallest absolute Gasteiger partial charge is 0.223 e. The summed E-state index contributed by atoms with van der Waals surface area (Å²) < 4.78 is 5.28. The Morgan fingerprint density at radius 2 is 2.19 bits per heavy atom. The summed E-state index contributed by atoms with van der Waals surface area (Å²) in [5, 5.41) is 18.1. The first kappa shape index (κ1) is 15.5. The lowest BCUT2D eigenvalue weighted by atomic mass is 10.1. The SMILES string of the molecule is CO[C@@H]1C[C@@H](CO)N(C(=O)CCc2ccc(C#N)cc2)C1. The van der Waals surface area contributed by atoms with Gasteiger partial charge in [-0.25, -0.2) is 0 Å². The van der Waals surface area contributed by atoms with E-state index in [1.54, 1.807) is 24.1 Å². The zero-order valence-electron chi connectivity index (χ0n) is 12.2. The summed E-state index contributed by atoms with van der Waals surface area (Å²) >= 11 is 0. The van der Waals surface area contributed by atoms with Crippen LogP contribution in [0.5, 0.6) is 0 Å². The molecule has 1 fully saturated rings. The molecule has 1 heterocycles. The van der Waals surface area contributed by atoms with Gasteiger partial charge in [0.05, 0.1) is 30.4 Å². The van der Waals surface area contributed by atoms with Gasteiger partial charge in [-0.05, 0) is 30.5 Å². The first-order chi connectivity index (χ1) is 10.2. The second-order valence-electron chi connectivity index (χ2n) is 5.28. The number of carbonyl (C=O) groups excluding carboxylic acids is 1. The van der Waals surface area contributed by atoms with Gasteiger partial charge in [0.15, 0.2) is 0 Å². The van der Waals surface area contributed by atoms with Gasteiger partial charge in [-0.1, -0.05) is 12.1 Å². The van der Waals surface area contributed by atoms with Crippen LogP contribution in [0.3, 0.4) is 0 Å². The third-order valence-electron chi connectivity index (χ3n) is 3.95. The number of amides is 1. The molecule has 5 heteroatoms. The number of hydrogen-bond donors (Lipinski definition) is 1. The fourth-order valence-electron chi connectivity index (χ4n) is 2.66. The van der Waals surface area contributed by atoms with Crippen LogP contribution in [-0.4, -0.2) is 48.3 Å². The summed E-state index contributed by atoms with van der Waals surface area (Å²) in [6, 6.07) is 9.19. The molecule has 1 aliphatic rings. The molecule has 21 heavy (non-hydrogen) atoms. The number of nitriles is 1. The molecule has 0 radical (unpaired) electrons. The van der Waals surface area contributed by atoms with Crippen molar-refractivity contribution in [1.82, 2.24) is 4.90 Å². The van der Waals surface area contributed by atoms with Crippen LogP contribution in [0.25, 0.3) is 0 Å². The van der Waals surface area contributed by atoms with Crippen molar-refractivity contribution >= 4 is 5.91 Å². The molecular weight excluding hydrogens is 268 g/mol. The maximum absolute atomic E-state index is 12.3. The van der Waals surface area contributed by atoms with Crippen molar-refractivity contribution in [1.29, 1.82) is 5.26 Å². The van der Waals surface area contributed by atoms with E-state index < -0.39 is 0 Å². The molecule has 0 aliphatic carbocycles. The minimum absolute atomic E-state index is 0.0148. The molecule has 2 rings (SSSR count). The van der Waals surface area contributed by atoms with Crippen LogP contribution >= 0.6 is 0 Å². The molecule has 1 N–H and O–H groups in total. The largest absolute Gasteiger partial charge is 0.394 e. The van der Waals surface area contributed by atoms with E-state index in [1.165, 1.54) is 0 Å². The molecule has 0 saturated carbocycles. The molecule has 1 aliphatic heterocycles. The normalized spacial score (nSPS) is 21.3. The van der Waals surface area contributed by atoms with Gasteiger partial charge in [-0.15, -0.1) is 0 Å². The van der Waals surface area contributed by atoms with Crippen LogP contribution in [0.2, 0.25) is 0 Å². The Balaban J connectivity index is 1.90. The van der Waals surface area contributed by atoms with Crippen LogP contribution in [0, 0.1) is 11.3 Å². The molecule has 5 nitrogen and oxygen atoms in total. The Morgan fingerprint density at radius 3 is 2.76 bits per heavy atom. The molecule has 1 saturated heterocycles. The summed E-state index contributed by atoms with van der Waals surface area (Å²) in [5.41, 5.74) is 1.65. The molecule has 0 spiro atoms. The average molecular weight is 288 g/mol. The number of carbonyl (C=O) groups is 1. The quantitative estimate of drug-likeness (QED) is 0.880. The van der Waals surface area contributed by atoms with Crippen molar-refractivity contribution in [2.24, 2.45) is 0 Å². The van der Waals surface area contributed by atoms with Gasteiger partial charge in [0.2, 0.25) is 5.91 Å². The van der Waals surface area contributed by atoms with Crippen molar-refractivity contribution in [3.8, 4) is 6.07 Å². The number of rotatable bonds is 5. The van der Waals surface area contributed by atoms with E-state index >= 15 is 0 Å². The van der Waals surface area contributed by atoms with E-state index in [9.17, 15) is 9.90 Å². The number of ether oxygens (including phenoxy) is 1. The maximum Gasteiger partial charge on any atom is 0.223 e. The highest BCUT2D eigenvalue weighted by Gasteiger charge is 2.34. The Kier molecular flexibility index (Phi) is 5.32. The predicted octanol–water partition coefficient (Wildman–Crippen LogP) is 1.10. The summed E-state index contributed by atoms with van der Waals surface area (Å²) in [6.07, 6.45) is 1.74. The zero-order valence-corrected chi connectivity index (χ0v) is 12.2. The lowest BCUT2D eigenvalue weighted by Crippen LogP contribution is -2.38. The summed E-state index contributed by atoms with van der Waals surface area (Å²) in [5.74, 6) is 0.0398. The van der Waals surface area contributed by atoms with Crippen molar-refractivity contribution in [3.63, 3.8) is 0 Å². The highest BCUT2D eigenvalue weighted by atomic mass is 16.5. The fourth-order valence-corrected chi connectivity index (χ4v) is 2.66. The number of nitrogens with zero attached hydrogens (tertiary/aromatic N) is 2. The van der Waals surface area contributed by atoms with E-state index in [0.717, 1.165) is 5.56 Å². The first-order valence-electron chi connectivity index (χ1n) is 7.10. The summed E-state index contributed by atoms with van der Waals surface area (Å²) in [7, 11) is 1.63. The molecule has 1 amide bonds. The van der Waals surface area contributed by atoms with Crippen LogP contribution in [0.4, 0.5) is 0 Å². The van der Waals surface area contributed by atoms with Gasteiger partial charge >= 0.3 is 0 Å². The minimum Gasteiger partial charge on any atom is -0.394 e. The number of benzene rings is 1. The molecule has 112 valence electrons. The van der Waals surface area contributed by atoms with E-state index in [4.69, 9.17) is 10.00 Å². The number of likely N-dealkylation sites (tertiary alicyclic amines) is 1. The third-order valence-corrected chi connectivity index (χ3v) is 3.95. The molecule has 0 bridgehead atoms. The van der Waals surface area contributed by atoms with Gasteiger partial charge in [-0.2, -0.15) is 5.26 Å². The lowest BCUT2D eigenvalue weighted by Gasteiger charge is -2.22. The van der Waals surface area contributed by atoms with Crippen LogP contribution in [0.1, 0.15) is 24.0 Å². The Labute approximate surface area is 124 Å². The summed E-state index contributed by atoms with van der Waals surface area (Å²) in [6.45, 7) is 0.524. The number of aliphatic hydroxyl groups excluding tert-OH is 1. The van der Waals surface area contributed by atoms with E-state index in [1.807, 2.05) is 12.1 Å². The molecule has 1 aromatic carbocycles. The molecule has 1 aromatic rings.